The van der Waals surface area contributed by atoms with Gasteiger partial charge in [-0.1, -0.05) is 0 Å². The number of Topliss-reactive ketones (excluding diaryl/α,β-unsaturated/α-hetero) is 1. The molecule has 0 radical (unpaired) electrons. The fourth-order valence-electron chi connectivity index (χ4n) is 0.884. The van der Waals surface area contributed by atoms with Crippen LogP contribution in [0, 0.1) is 5.82 Å². The topological polar surface area (TPSA) is 30.0 Å². The van der Waals surface area contributed by atoms with E-state index in [-0.39, 0.29) is 5.56 Å². The first-order chi connectivity index (χ1) is 6.04. The Morgan fingerprint density at radius 2 is 2.15 bits per heavy atom. The Morgan fingerprint density at radius 1 is 1.54 bits per heavy atom. The summed E-state index contributed by atoms with van der Waals surface area (Å²) in [6.07, 6.45) is -2.01. The van der Waals surface area contributed by atoms with Gasteiger partial charge in [-0.2, -0.15) is 0 Å². The summed E-state index contributed by atoms with van der Waals surface area (Å²) in [5.74, 6) is -1.83. The van der Waals surface area contributed by atoms with E-state index in [1.165, 1.54) is 0 Å². The van der Waals surface area contributed by atoms with E-state index in [0.717, 1.165) is 19.2 Å². The summed E-state index contributed by atoms with van der Waals surface area (Å²) in [7, 11) is 0. The second kappa shape index (κ2) is 3.55. The Morgan fingerprint density at radius 3 is 2.62 bits per heavy atom. The Balaban J connectivity index is 3.26. The van der Waals surface area contributed by atoms with Gasteiger partial charge in [0.2, 0.25) is 0 Å². The van der Waals surface area contributed by atoms with Gasteiger partial charge in [0.25, 0.3) is 6.43 Å². The van der Waals surface area contributed by atoms with E-state index < -0.39 is 23.7 Å². The maximum Gasteiger partial charge on any atom is 0.283 e. The van der Waals surface area contributed by atoms with Crippen molar-refractivity contribution in [2.75, 3.05) is 0 Å². The molecule has 70 valence electrons. The van der Waals surface area contributed by atoms with Gasteiger partial charge in [-0.15, -0.1) is 0 Å². The predicted molar refractivity (Wildman–Crippen MR) is 39.2 cm³/mol. The molecule has 0 amide bonds. The average Bonchev–Trinajstić information content (AvgIpc) is 2.03. The molecule has 0 unspecified atom stereocenters. The van der Waals surface area contributed by atoms with Gasteiger partial charge in [0.1, 0.15) is 5.69 Å². The average molecular weight is 189 g/mol. The van der Waals surface area contributed by atoms with Gasteiger partial charge in [0, 0.05) is 6.20 Å². The van der Waals surface area contributed by atoms with Crippen LogP contribution in [0.15, 0.2) is 12.3 Å². The van der Waals surface area contributed by atoms with Gasteiger partial charge in [-0.3, -0.25) is 9.78 Å². The molecule has 1 heterocycles. The van der Waals surface area contributed by atoms with E-state index in [4.69, 9.17) is 0 Å². The number of ketones is 1. The lowest BCUT2D eigenvalue weighted by atomic mass is 10.1. The van der Waals surface area contributed by atoms with Crippen LogP contribution in [0.1, 0.15) is 29.4 Å². The molecule has 0 aliphatic rings. The molecular weight excluding hydrogens is 183 g/mol. The minimum absolute atomic E-state index is 0.356. The smallest absolute Gasteiger partial charge is 0.283 e. The van der Waals surface area contributed by atoms with Crippen LogP contribution in [-0.4, -0.2) is 10.8 Å². The molecule has 0 spiro atoms. The molecule has 0 aliphatic carbocycles. The van der Waals surface area contributed by atoms with Crippen LogP contribution in [-0.2, 0) is 0 Å². The minimum atomic E-state index is -3.00. The minimum Gasteiger partial charge on any atom is -0.294 e. The van der Waals surface area contributed by atoms with Crippen LogP contribution >= 0.6 is 0 Å². The number of carbonyl (C=O) groups is 1. The highest BCUT2D eigenvalue weighted by Gasteiger charge is 2.19. The molecule has 5 heteroatoms. The first-order valence-corrected chi connectivity index (χ1v) is 3.47. The van der Waals surface area contributed by atoms with Crippen molar-refractivity contribution in [2.45, 2.75) is 13.3 Å². The van der Waals surface area contributed by atoms with Crippen LogP contribution in [0.2, 0.25) is 0 Å². The second-order valence-electron chi connectivity index (χ2n) is 2.41. The Labute approximate surface area is 72.4 Å². The monoisotopic (exact) mass is 189 g/mol. The zero-order valence-corrected chi connectivity index (χ0v) is 6.72. The summed E-state index contributed by atoms with van der Waals surface area (Å²) in [5, 5.41) is 0. The number of hydrogen-bond donors (Lipinski definition) is 0. The lowest BCUT2D eigenvalue weighted by molar-refractivity contribution is 0.101. The number of rotatable bonds is 2. The van der Waals surface area contributed by atoms with Crippen molar-refractivity contribution in [3.63, 3.8) is 0 Å². The third-order valence-electron chi connectivity index (χ3n) is 1.50. The zero-order valence-electron chi connectivity index (χ0n) is 6.72. The van der Waals surface area contributed by atoms with E-state index in [1.54, 1.807) is 0 Å². The Bertz CT molecular complexity index is 338. The fourth-order valence-corrected chi connectivity index (χ4v) is 0.884. The van der Waals surface area contributed by atoms with E-state index in [0.29, 0.717) is 0 Å². The normalized spacial score (nSPS) is 10.5. The van der Waals surface area contributed by atoms with Crippen LogP contribution in [0.5, 0.6) is 0 Å². The molecule has 1 aromatic heterocycles. The Hall–Kier alpha value is -1.39. The molecule has 0 fully saturated rings. The molecule has 0 N–H and O–H groups in total. The molecule has 0 atom stereocenters. The van der Waals surface area contributed by atoms with Gasteiger partial charge in [0.05, 0.1) is 5.56 Å². The van der Waals surface area contributed by atoms with Crippen LogP contribution in [0.3, 0.4) is 0 Å². The standard InChI is InChI=1S/C8H6F3NO/c1-4(13)5-2-3-12-7(6(5)9)8(10)11/h2-3,8H,1H3. The zero-order chi connectivity index (χ0) is 10.0. The quantitative estimate of drug-likeness (QED) is 0.668. The molecule has 1 rings (SSSR count). The first kappa shape index (κ1) is 9.70. The van der Waals surface area contributed by atoms with Gasteiger partial charge in [-0.05, 0) is 13.0 Å². The maximum atomic E-state index is 13.0. The molecule has 0 bridgehead atoms. The molecule has 0 saturated heterocycles. The van der Waals surface area contributed by atoms with Crippen molar-refractivity contribution in [2.24, 2.45) is 0 Å². The summed E-state index contributed by atoms with van der Waals surface area (Å²) in [6, 6.07) is 1.07. The first-order valence-electron chi connectivity index (χ1n) is 3.47. The number of nitrogens with zero attached hydrogens (tertiary/aromatic N) is 1. The summed E-state index contributed by atoms with van der Waals surface area (Å²) < 4.78 is 37.1. The van der Waals surface area contributed by atoms with Gasteiger partial charge < -0.3 is 0 Å². The molecule has 0 aliphatic heterocycles. The number of hydrogen-bond acceptors (Lipinski definition) is 2. The van der Waals surface area contributed by atoms with Crippen molar-refractivity contribution in [3.8, 4) is 0 Å². The van der Waals surface area contributed by atoms with Crippen molar-refractivity contribution in [3.05, 3.63) is 29.3 Å². The summed E-state index contributed by atoms with van der Waals surface area (Å²) in [6.45, 7) is 1.10. The van der Waals surface area contributed by atoms with Gasteiger partial charge in [-0.25, -0.2) is 13.2 Å². The number of halogens is 3. The van der Waals surface area contributed by atoms with Crippen molar-refractivity contribution in [1.82, 2.24) is 4.98 Å². The molecule has 13 heavy (non-hydrogen) atoms. The second-order valence-corrected chi connectivity index (χ2v) is 2.41. The Kier molecular flexibility index (Phi) is 2.65. The molecule has 0 aromatic carbocycles. The number of alkyl halides is 2. The van der Waals surface area contributed by atoms with Crippen molar-refractivity contribution >= 4 is 5.78 Å². The third-order valence-corrected chi connectivity index (χ3v) is 1.50. The largest absolute Gasteiger partial charge is 0.294 e. The summed E-state index contributed by atoms with van der Waals surface area (Å²) in [4.78, 5) is 13.9. The van der Waals surface area contributed by atoms with E-state index in [1.807, 2.05) is 0 Å². The number of carbonyl (C=O) groups excluding carboxylic acids is 1. The number of pyridine rings is 1. The van der Waals surface area contributed by atoms with Gasteiger partial charge in [0.15, 0.2) is 11.6 Å². The molecule has 1 aromatic rings. The summed E-state index contributed by atoms with van der Waals surface area (Å²) >= 11 is 0. The van der Waals surface area contributed by atoms with Crippen LogP contribution in [0.4, 0.5) is 13.2 Å². The third kappa shape index (κ3) is 1.85. The van der Waals surface area contributed by atoms with Crippen LogP contribution < -0.4 is 0 Å². The highest BCUT2D eigenvalue weighted by Crippen LogP contribution is 2.21. The lowest BCUT2D eigenvalue weighted by Crippen LogP contribution is -2.03. The molecule has 2 nitrogen and oxygen atoms in total. The molecular formula is C8H6F3NO. The predicted octanol–water partition coefficient (Wildman–Crippen LogP) is 2.36. The van der Waals surface area contributed by atoms with E-state index in [2.05, 4.69) is 4.98 Å². The molecule has 0 saturated carbocycles. The van der Waals surface area contributed by atoms with E-state index >= 15 is 0 Å². The van der Waals surface area contributed by atoms with Gasteiger partial charge >= 0.3 is 0 Å². The lowest BCUT2D eigenvalue weighted by Gasteiger charge is -2.02. The highest BCUT2D eigenvalue weighted by atomic mass is 19.3. The van der Waals surface area contributed by atoms with E-state index in [9.17, 15) is 18.0 Å². The number of aromatic nitrogens is 1. The maximum absolute atomic E-state index is 13.0. The van der Waals surface area contributed by atoms with Crippen molar-refractivity contribution < 1.29 is 18.0 Å². The fraction of sp³-hybridized carbons (Fsp3) is 0.250. The summed E-state index contributed by atoms with van der Waals surface area (Å²) in [5.41, 5.74) is -1.34. The van der Waals surface area contributed by atoms with Crippen molar-refractivity contribution in [1.29, 1.82) is 0 Å². The SMILES string of the molecule is CC(=O)c1ccnc(C(F)F)c1F. The highest BCUT2D eigenvalue weighted by molar-refractivity contribution is 5.94. The van der Waals surface area contributed by atoms with Crippen LogP contribution in [0.25, 0.3) is 0 Å².